The number of rotatable bonds is 4. The highest BCUT2D eigenvalue weighted by Gasteiger charge is 2.13. The standard InChI is InChI=1S/C14H17N3O2/c1-9-13(16-8-17-14(9)15-2)11-6-5-10(18-3)7-12(11)19-4/h5-8H,1-4H3,(H,15,16,17). The Kier molecular flexibility index (Phi) is 3.85. The minimum atomic E-state index is 0.725. The van der Waals surface area contributed by atoms with Crippen LogP contribution in [0.5, 0.6) is 11.5 Å². The van der Waals surface area contributed by atoms with Crippen LogP contribution in [0.4, 0.5) is 5.82 Å². The molecule has 0 spiro atoms. The summed E-state index contributed by atoms with van der Waals surface area (Å²) in [6.45, 7) is 1.98. The van der Waals surface area contributed by atoms with Gasteiger partial charge in [-0.2, -0.15) is 0 Å². The van der Waals surface area contributed by atoms with Crippen LogP contribution in [-0.4, -0.2) is 31.2 Å². The Hall–Kier alpha value is -2.30. The molecule has 0 fully saturated rings. The van der Waals surface area contributed by atoms with Crippen molar-refractivity contribution < 1.29 is 9.47 Å². The topological polar surface area (TPSA) is 56.3 Å². The molecule has 0 radical (unpaired) electrons. The van der Waals surface area contributed by atoms with Crippen LogP contribution in [0.25, 0.3) is 11.3 Å². The SMILES string of the molecule is CNc1ncnc(-c2ccc(OC)cc2OC)c1C. The van der Waals surface area contributed by atoms with Crippen molar-refractivity contribution in [2.45, 2.75) is 6.92 Å². The molecular formula is C14H17N3O2. The van der Waals surface area contributed by atoms with Crippen LogP contribution in [0.3, 0.4) is 0 Å². The quantitative estimate of drug-likeness (QED) is 0.914. The van der Waals surface area contributed by atoms with Crippen LogP contribution < -0.4 is 14.8 Å². The summed E-state index contributed by atoms with van der Waals surface area (Å²) in [5.74, 6) is 2.28. The van der Waals surface area contributed by atoms with Gasteiger partial charge in [0.05, 0.1) is 19.9 Å². The van der Waals surface area contributed by atoms with E-state index in [-0.39, 0.29) is 0 Å². The van der Waals surface area contributed by atoms with Gasteiger partial charge in [-0.15, -0.1) is 0 Å². The summed E-state index contributed by atoms with van der Waals surface area (Å²) in [4.78, 5) is 8.53. The van der Waals surface area contributed by atoms with Crippen LogP contribution in [0, 0.1) is 6.92 Å². The second-order valence-electron chi connectivity index (χ2n) is 4.01. The Bertz CT molecular complexity index is 585. The van der Waals surface area contributed by atoms with E-state index in [9.17, 15) is 0 Å². The normalized spacial score (nSPS) is 10.1. The summed E-state index contributed by atoms with van der Waals surface area (Å²) in [6, 6.07) is 5.67. The fraction of sp³-hybridized carbons (Fsp3) is 0.286. The van der Waals surface area contributed by atoms with Crippen molar-refractivity contribution in [1.29, 1.82) is 0 Å². The number of hydrogen-bond donors (Lipinski definition) is 1. The molecule has 0 saturated carbocycles. The first-order valence-electron chi connectivity index (χ1n) is 5.93. The molecule has 19 heavy (non-hydrogen) atoms. The number of nitrogens with one attached hydrogen (secondary N) is 1. The predicted octanol–water partition coefficient (Wildman–Crippen LogP) is 2.51. The van der Waals surface area contributed by atoms with Crippen LogP contribution in [0.2, 0.25) is 0 Å². The highest BCUT2D eigenvalue weighted by Crippen LogP contribution is 2.34. The van der Waals surface area contributed by atoms with E-state index in [0.29, 0.717) is 0 Å². The number of benzene rings is 1. The van der Waals surface area contributed by atoms with Crippen molar-refractivity contribution in [2.75, 3.05) is 26.6 Å². The maximum absolute atomic E-state index is 5.41. The highest BCUT2D eigenvalue weighted by molar-refractivity contribution is 5.73. The Morgan fingerprint density at radius 1 is 1.11 bits per heavy atom. The van der Waals surface area contributed by atoms with Gasteiger partial charge in [-0.3, -0.25) is 0 Å². The van der Waals surface area contributed by atoms with E-state index in [1.165, 1.54) is 6.33 Å². The van der Waals surface area contributed by atoms with Gasteiger partial charge in [-0.25, -0.2) is 9.97 Å². The van der Waals surface area contributed by atoms with Crippen LogP contribution in [-0.2, 0) is 0 Å². The molecule has 1 heterocycles. The first-order chi connectivity index (χ1) is 9.21. The highest BCUT2D eigenvalue weighted by atomic mass is 16.5. The summed E-state index contributed by atoms with van der Waals surface area (Å²) in [7, 11) is 5.10. The van der Waals surface area contributed by atoms with E-state index in [4.69, 9.17) is 9.47 Å². The summed E-state index contributed by atoms with van der Waals surface area (Å²) in [5.41, 5.74) is 2.74. The van der Waals surface area contributed by atoms with Gasteiger partial charge >= 0.3 is 0 Å². The molecule has 5 nitrogen and oxygen atoms in total. The van der Waals surface area contributed by atoms with Crippen molar-refractivity contribution in [3.05, 3.63) is 30.1 Å². The minimum absolute atomic E-state index is 0.725. The number of methoxy groups -OCH3 is 2. The Morgan fingerprint density at radius 3 is 2.53 bits per heavy atom. The molecule has 0 atom stereocenters. The lowest BCUT2D eigenvalue weighted by Crippen LogP contribution is -2.00. The maximum atomic E-state index is 5.41. The third kappa shape index (κ3) is 2.45. The van der Waals surface area contributed by atoms with E-state index < -0.39 is 0 Å². The lowest BCUT2D eigenvalue weighted by atomic mass is 10.1. The van der Waals surface area contributed by atoms with E-state index in [1.54, 1.807) is 14.2 Å². The third-order valence-corrected chi connectivity index (χ3v) is 2.98. The fourth-order valence-corrected chi connectivity index (χ4v) is 1.97. The average Bonchev–Trinajstić information content (AvgIpc) is 2.47. The van der Waals surface area contributed by atoms with Crippen molar-refractivity contribution >= 4 is 5.82 Å². The lowest BCUT2D eigenvalue weighted by Gasteiger charge is -2.13. The van der Waals surface area contributed by atoms with E-state index in [1.807, 2.05) is 32.2 Å². The lowest BCUT2D eigenvalue weighted by molar-refractivity contribution is 0.395. The summed E-state index contributed by atoms with van der Waals surface area (Å²) >= 11 is 0. The number of aromatic nitrogens is 2. The maximum Gasteiger partial charge on any atom is 0.132 e. The number of ether oxygens (including phenoxy) is 2. The van der Waals surface area contributed by atoms with E-state index in [0.717, 1.165) is 34.1 Å². The summed E-state index contributed by atoms with van der Waals surface area (Å²) in [6.07, 6.45) is 1.54. The van der Waals surface area contributed by atoms with Crippen molar-refractivity contribution in [2.24, 2.45) is 0 Å². The van der Waals surface area contributed by atoms with Crippen LogP contribution >= 0.6 is 0 Å². The second-order valence-corrected chi connectivity index (χ2v) is 4.01. The fourth-order valence-electron chi connectivity index (χ4n) is 1.97. The molecule has 1 aromatic heterocycles. The average molecular weight is 259 g/mol. The summed E-state index contributed by atoms with van der Waals surface area (Å²) in [5, 5.41) is 3.05. The van der Waals surface area contributed by atoms with Gasteiger partial charge in [0.15, 0.2) is 0 Å². The van der Waals surface area contributed by atoms with Crippen molar-refractivity contribution in [3.63, 3.8) is 0 Å². The monoisotopic (exact) mass is 259 g/mol. The Morgan fingerprint density at radius 2 is 1.89 bits per heavy atom. The van der Waals surface area contributed by atoms with Crippen molar-refractivity contribution in [1.82, 2.24) is 9.97 Å². The number of nitrogens with zero attached hydrogens (tertiary/aromatic N) is 2. The molecule has 1 aromatic carbocycles. The van der Waals surface area contributed by atoms with Crippen LogP contribution in [0.15, 0.2) is 24.5 Å². The van der Waals surface area contributed by atoms with Gasteiger partial charge in [-0.1, -0.05) is 0 Å². The zero-order valence-corrected chi connectivity index (χ0v) is 11.5. The van der Waals surface area contributed by atoms with Crippen LogP contribution in [0.1, 0.15) is 5.56 Å². The molecule has 1 N–H and O–H groups in total. The number of anilines is 1. The molecule has 100 valence electrons. The first-order valence-corrected chi connectivity index (χ1v) is 5.93. The van der Waals surface area contributed by atoms with Gasteiger partial charge < -0.3 is 14.8 Å². The molecule has 0 amide bonds. The van der Waals surface area contributed by atoms with E-state index in [2.05, 4.69) is 15.3 Å². The van der Waals surface area contributed by atoms with Crippen molar-refractivity contribution in [3.8, 4) is 22.8 Å². The molecule has 0 aliphatic heterocycles. The summed E-state index contributed by atoms with van der Waals surface area (Å²) < 4.78 is 10.6. The van der Waals surface area contributed by atoms with Gasteiger partial charge in [0, 0.05) is 24.2 Å². The number of hydrogen-bond acceptors (Lipinski definition) is 5. The van der Waals surface area contributed by atoms with Gasteiger partial charge in [0.1, 0.15) is 23.6 Å². The van der Waals surface area contributed by atoms with Gasteiger partial charge in [0.2, 0.25) is 0 Å². The smallest absolute Gasteiger partial charge is 0.132 e. The Balaban J connectivity index is 2.58. The first kappa shape index (κ1) is 13.1. The molecule has 0 bridgehead atoms. The molecule has 0 aliphatic rings. The molecule has 0 saturated heterocycles. The van der Waals surface area contributed by atoms with E-state index >= 15 is 0 Å². The van der Waals surface area contributed by atoms with Gasteiger partial charge in [-0.05, 0) is 19.1 Å². The minimum Gasteiger partial charge on any atom is -0.497 e. The Labute approximate surface area is 112 Å². The largest absolute Gasteiger partial charge is 0.497 e. The molecular weight excluding hydrogens is 242 g/mol. The molecule has 2 aromatic rings. The second kappa shape index (κ2) is 5.56. The molecule has 2 rings (SSSR count). The zero-order chi connectivity index (χ0) is 13.8. The molecule has 5 heteroatoms. The molecule has 0 aliphatic carbocycles. The predicted molar refractivity (Wildman–Crippen MR) is 74.9 cm³/mol. The molecule has 0 unspecified atom stereocenters. The third-order valence-electron chi connectivity index (χ3n) is 2.98. The van der Waals surface area contributed by atoms with Gasteiger partial charge in [0.25, 0.3) is 0 Å². The zero-order valence-electron chi connectivity index (χ0n) is 11.5.